The molecule has 0 aliphatic carbocycles. The molecule has 1 amide bonds. The summed E-state index contributed by atoms with van der Waals surface area (Å²) in [5.74, 6) is 0.0492. The second-order valence-corrected chi connectivity index (χ2v) is 4.55. The molecule has 0 aromatic heterocycles. The summed E-state index contributed by atoms with van der Waals surface area (Å²) >= 11 is 9.27. The van der Waals surface area contributed by atoms with Gasteiger partial charge in [-0.1, -0.05) is 11.6 Å². The van der Waals surface area contributed by atoms with E-state index < -0.39 is 0 Å². The Labute approximate surface area is 109 Å². The van der Waals surface area contributed by atoms with Crippen LogP contribution in [0.25, 0.3) is 0 Å². The standard InChI is InChI=1S/C11H14BrClN2O/c1-2-14-11(16)5-6-15-10-7-8(13)3-4-9(10)12/h3-4,7,15H,2,5-6H2,1H3,(H,14,16). The van der Waals surface area contributed by atoms with E-state index in [4.69, 9.17) is 11.6 Å². The molecule has 0 aliphatic heterocycles. The summed E-state index contributed by atoms with van der Waals surface area (Å²) in [5, 5.41) is 6.56. The Bertz CT molecular complexity index is 371. The van der Waals surface area contributed by atoms with Crippen LogP contribution in [-0.2, 0) is 4.79 Å². The highest BCUT2D eigenvalue weighted by molar-refractivity contribution is 9.10. The fourth-order valence-corrected chi connectivity index (χ4v) is 1.79. The van der Waals surface area contributed by atoms with E-state index in [0.29, 0.717) is 24.5 Å². The van der Waals surface area contributed by atoms with Gasteiger partial charge in [-0.25, -0.2) is 0 Å². The first-order chi connectivity index (χ1) is 7.63. The summed E-state index contributed by atoms with van der Waals surface area (Å²) < 4.78 is 0.938. The van der Waals surface area contributed by atoms with Crippen LogP contribution in [0.15, 0.2) is 22.7 Å². The highest BCUT2D eigenvalue weighted by Gasteiger charge is 2.02. The number of hydrogen-bond acceptors (Lipinski definition) is 2. The molecule has 3 nitrogen and oxygen atoms in total. The molecule has 5 heteroatoms. The minimum Gasteiger partial charge on any atom is -0.384 e. The third-order valence-electron chi connectivity index (χ3n) is 1.97. The largest absolute Gasteiger partial charge is 0.384 e. The molecule has 0 radical (unpaired) electrons. The number of benzene rings is 1. The fraction of sp³-hybridized carbons (Fsp3) is 0.364. The van der Waals surface area contributed by atoms with Crippen molar-refractivity contribution in [1.82, 2.24) is 5.32 Å². The Kier molecular flexibility index (Phi) is 5.63. The molecule has 16 heavy (non-hydrogen) atoms. The van der Waals surface area contributed by atoms with Gasteiger partial charge < -0.3 is 10.6 Å². The first kappa shape index (κ1) is 13.3. The lowest BCUT2D eigenvalue weighted by Crippen LogP contribution is -2.24. The minimum absolute atomic E-state index is 0.0492. The number of carbonyl (C=O) groups is 1. The normalized spacial score (nSPS) is 9.94. The molecule has 88 valence electrons. The monoisotopic (exact) mass is 304 g/mol. The van der Waals surface area contributed by atoms with Gasteiger partial charge in [0.2, 0.25) is 5.91 Å². The molecule has 0 saturated carbocycles. The van der Waals surface area contributed by atoms with E-state index >= 15 is 0 Å². The van der Waals surface area contributed by atoms with Gasteiger partial charge in [-0.15, -0.1) is 0 Å². The molecule has 0 bridgehead atoms. The van der Waals surface area contributed by atoms with Crippen molar-refractivity contribution in [2.75, 3.05) is 18.4 Å². The number of amides is 1. The van der Waals surface area contributed by atoms with Crippen molar-refractivity contribution in [2.45, 2.75) is 13.3 Å². The molecule has 0 spiro atoms. The molecule has 0 unspecified atom stereocenters. The second-order valence-electron chi connectivity index (χ2n) is 3.25. The van der Waals surface area contributed by atoms with Crippen molar-refractivity contribution in [1.29, 1.82) is 0 Å². The zero-order valence-electron chi connectivity index (χ0n) is 9.02. The highest BCUT2D eigenvalue weighted by Crippen LogP contribution is 2.25. The van der Waals surface area contributed by atoms with Crippen LogP contribution in [0.3, 0.4) is 0 Å². The molecular formula is C11H14BrClN2O. The number of hydrogen-bond donors (Lipinski definition) is 2. The number of carbonyl (C=O) groups excluding carboxylic acids is 1. The van der Waals surface area contributed by atoms with E-state index in [1.807, 2.05) is 19.1 Å². The van der Waals surface area contributed by atoms with Gasteiger partial charge in [0.25, 0.3) is 0 Å². The maximum atomic E-state index is 11.2. The summed E-state index contributed by atoms with van der Waals surface area (Å²) in [6, 6.07) is 5.50. The van der Waals surface area contributed by atoms with Gasteiger partial charge in [-0.2, -0.15) is 0 Å². The van der Waals surface area contributed by atoms with Crippen LogP contribution in [0.1, 0.15) is 13.3 Å². The Morgan fingerprint density at radius 3 is 2.94 bits per heavy atom. The van der Waals surface area contributed by atoms with Gasteiger partial charge in [0.15, 0.2) is 0 Å². The maximum Gasteiger partial charge on any atom is 0.221 e. The summed E-state index contributed by atoms with van der Waals surface area (Å²) in [6.07, 6.45) is 0.451. The van der Waals surface area contributed by atoms with Crippen molar-refractivity contribution >= 4 is 39.1 Å². The van der Waals surface area contributed by atoms with Crippen LogP contribution in [-0.4, -0.2) is 19.0 Å². The molecule has 0 aliphatic rings. The maximum absolute atomic E-state index is 11.2. The highest BCUT2D eigenvalue weighted by atomic mass is 79.9. The van der Waals surface area contributed by atoms with Crippen LogP contribution >= 0.6 is 27.5 Å². The van der Waals surface area contributed by atoms with Crippen LogP contribution < -0.4 is 10.6 Å². The predicted octanol–water partition coefficient (Wildman–Crippen LogP) is 3.04. The molecule has 1 rings (SSSR count). The van der Waals surface area contributed by atoms with Gasteiger partial charge in [-0.3, -0.25) is 4.79 Å². The predicted molar refractivity (Wildman–Crippen MR) is 70.9 cm³/mol. The molecular weight excluding hydrogens is 291 g/mol. The van der Waals surface area contributed by atoms with Crippen molar-refractivity contribution in [3.05, 3.63) is 27.7 Å². The molecule has 0 atom stereocenters. The topological polar surface area (TPSA) is 41.1 Å². The van der Waals surface area contributed by atoms with E-state index in [2.05, 4.69) is 26.6 Å². The number of halogens is 2. The third-order valence-corrected chi connectivity index (χ3v) is 2.90. The van der Waals surface area contributed by atoms with E-state index in [9.17, 15) is 4.79 Å². The van der Waals surface area contributed by atoms with Crippen molar-refractivity contribution in [3.63, 3.8) is 0 Å². The Balaban J connectivity index is 2.42. The number of rotatable bonds is 5. The molecule has 1 aromatic rings. The van der Waals surface area contributed by atoms with Crippen LogP contribution in [0.4, 0.5) is 5.69 Å². The lowest BCUT2D eigenvalue weighted by molar-refractivity contribution is -0.120. The fourth-order valence-electron chi connectivity index (χ4n) is 1.23. The van der Waals surface area contributed by atoms with Gasteiger partial charge in [0.05, 0.1) is 0 Å². The van der Waals surface area contributed by atoms with Crippen molar-refractivity contribution in [2.24, 2.45) is 0 Å². The van der Waals surface area contributed by atoms with Crippen LogP contribution in [0.5, 0.6) is 0 Å². The van der Waals surface area contributed by atoms with Gasteiger partial charge >= 0.3 is 0 Å². The molecule has 1 aromatic carbocycles. The van der Waals surface area contributed by atoms with Crippen LogP contribution in [0, 0.1) is 0 Å². The first-order valence-corrected chi connectivity index (χ1v) is 6.26. The van der Waals surface area contributed by atoms with E-state index in [0.717, 1.165) is 10.2 Å². The zero-order chi connectivity index (χ0) is 12.0. The van der Waals surface area contributed by atoms with Crippen molar-refractivity contribution < 1.29 is 4.79 Å². The first-order valence-electron chi connectivity index (χ1n) is 5.09. The lowest BCUT2D eigenvalue weighted by Gasteiger charge is -2.08. The quantitative estimate of drug-likeness (QED) is 0.878. The molecule has 0 fully saturated rings. The average molecular weight is 306 g/mol. The molecule has 0 saturated heterocycles. The second kappa shape index (κ2) is 6.76. The Morgan fingerprint density at radius 2 is 2.25 bits per heavy atom. The summed E-state index contributed by atoms with van der Waals surface area (Å²) in [6.45, 7) is 3.16. The SMILES string of the molecule is CCNC(=O)CCNc1cc(Cl)ccc1Br. The van der Waals surface area contributed by atoms with Gasteiger partial charge in [0, 0.05) is 34.7 Å². The molecule has 2 N–H and O–H groups in total. The number of anilines is 1. The lowest BCUT2D eigenvalue weighted by atomic mass is 10.3. The van der Waals surface area contributed by atoms with E-state index in [1.54, 1.807) is 6.07 Å². The third kappa shape index (κ3) is 4.41. The van der Waals surface area contributed by atoms with Gasteiger partial charge in [0.1, 0.15) is 0 Å². The average Bonchev–Trinajstić information content (AvgIpc) is 2.23. The minimum atomic E-state index is 0.0492. The number of nitrogens with one attached hydrogen (secondary N) is 2. The summed E-state index contributed by atoms with van der Waals surface area (Å²) in [4.78, 5) is 11.2. The Hall–Kier alpha value is -0.740. The van der Waals surface area contributed by atoms with Crippen molar-refractivity contribution in [3.8, 4) is 0 Å². The molecule has 0 heterocycles. The summed E-state index contributed by atoms with van der Waals surface area (Å²) in [5.41, 5.74) is 0.900. The smallest absolute Gasteiger partial charge is 0.221 e. The van der Waals surface area contributed by atoms with E-state index in [1.165, 1.54) is 0 Å². The van der Waals surface area contributed by atoms with Gasteiger partial charge in [-0.05, 0) is 41.1 Å². The van der Waals surface area contributed by atoms with E-state index in [-0.39, 0.29) is 5.91 Å². The Morgan fingerprint density at radius 1 is 1.50 bits per heavy atom. The summed E-state index contributed by atoms with van der Waals surface area (Å²) in [7, 11) is 0. The van der Waals surface area contributed by atoms with Crippen LogP contribution in [0.2, 0.25) is 5.02 Å². The zero-order valence-corrected chi connectivity index (χ0v) is 11.4.